The summed E-state index contributed by atoms with van der Waals surface area (Å²) in [5.74, 6) is 0.199. The summed E-state index contributed by atoms with van der Waals surface area (Å²) in [7, 11) is 1.95. The average Bonchev–Trinajstić information content (AvgIpc) is 2.05. The van der Waals surface area contributed by atoms with E-state index in [0.29, 0.717) is 6.04 Å². The summed E-state index contributed by atoms with van der Waals surface area (Å²) in [6, 6.07) is 0.507. The van der Waals surface area contributed by atoms with Crippen molar-refractivity contribution < 1.29 is 4.79 Å². The highest BCUT2D eigenvalue weighted by Crippen LogP contribution is 2.09. The molecule has 1 rings (SSSR count). The number of hydrogen-bond donors (Lipinski definition) is 1. The highest BCUT2D eigenvalue weighted by molar-refractivity contribution is 5.85. The van der Waals surface area contributed by atoms with Crippen LogP contribution in [-0.4, -0.2) is 37.0 Å². The Morgan fingerprint density at radius 2 is 2.25 bits per heavy atom. The van der Waals surface area contributed by atoms with Gasteiger partial charge in [-0.25, -0.2) is 0 Å². The summed E-state index contributed by atoms with van der Waals surface area (Å²) in [4.78, 5) is 12.9. The summed E-state index contributed by atoms with van der Waals surface area (Å²) in [5, 5.41) is 3.19. The molecule has 1 N–H and O–H groups in total. The molecule has 1 atom stereocenters. The van der Waals surface area contributed by atoms with E-state index in [-0.39, 0.29) is 18.3 Å². The van der Waals surface area contributed by atoms with Crippen molar-refractivity contribution in [1.82, 2.24) is 10.2 Å². The molecule has 1 aliphatic rings. The predicted octanol–water partition coefficient (Wildman–Crippen LogP) is 0.638. The van der Waals surface area contributed by atoms with E-state index < -0.39 is 0 Å². The van der Waals surface area contributed by atoms with Gasteiger partial charge >= 0.3 is 0 Å². The molecule has 0 aromatic rings. The standard InChI is InChI=1S/C8H16N2O.ClH/c1-7(11)10-5-3-4-8(6-10)9-2;/h8-9H,3-6H2,1-2H3;1H. The fourth-order valence-electron chi connectivity index (χ4n) is 1.50. The van der Waals surface area contributed by atoms with Crippen LogP contribution in [0.1, 0.15) is 19.8 Å². The zero-order valence-corrected chi connectivity index (χ0v) is 8.49. The second-order valence-electron chi connectivity index (χ2n) is 3.09. The number of nitrogens with zero attached hydrogens (tertiary/aromatic N) is 1. The first kappa shape index (κ1) is 11.7. The first-order valence-electron chi connectivity index (χ1n) is 4.17. The molecule has 12 heavy (non-hydrogen) atoms. The van der Waals surface area contributed by atoms with Gasteiger partial charge in [-0.15, -0.1) is 12.4 Å². The van der Waals surface area contributed by atoms with Gasteiger partial charge in [-0.05, 0) is 19.9 Å². The van der Waals surface area contributed by atoms with E-state index in [4.69, 9.17) is 0 Å². The third-order valence-electron chi connectivity index (χ3n) is 2.27. The molecular formula is C8H17ClN2O. The number of piperidine rings is 1. The van der Waals surface area contributed by atoms with E-state index in [1.54, 1.807) is 6.92 Å². The molecule has 1 saturated heterocycles. The van der Waals surface area contributed by atoms with Crippen molar-refractivity contribution in [2.45, 2.75) is 25.8 Å². The van der Waals surface area contributed by atoms with Gasteiger partial charge in [0.1, 0.15) is 0 Å². The molecule has 0 bridgehead atoms. The lowest BCUT2D eigenvalue weighted by Crippen LogP contribution is -2.46. The normalized spacial score (nSPS) is 23.2. The minimum Gasteiger partial charge on any atom is -0.341 e. The van der Waals surface area contributed by atoms with Gasteiger partial charge in [0.2, 0.25) is 5.91 Å². The maximum absolute atomic E-state index is 11.0. The molecule has 3 nitrogen and oxygen atoms in total. The number of likely N-dealkylation sites (tertiary alicyclic amines) is 1. The fourth-order valence-corrected chi connectivity index (χ4v) is 1.50. The Morgan fingerprint density at radius 3 is 2.75 bits per heavy atom. The maximum atomic E-state index is 11.0. The summed E-state index contributed by atoms with van der Waals surface area (Å²) in [6.07, 6.45) is 2.32. The Hall–Kier alpha value is -0.280. The minimum absolute atomic E-state index is 0. The topological polar surface area (TPSA) is 32.3 Å². The molecule has 0 aromatic carbocycles. The van der Waals surface area contributed by atoms with E-state index in [2.05, 4.69) is 5.32 Å². The number of carbonyl (C=O) groups excluding carboxylic acids is 1. The summed E-state index contributed by atoms with van der Waals surface area (Å²) in [6.45, 7) is 3.46. The minimum atomic E-state index is 0. The smallest absolute Gasteiger partial charge is 0.219 e. The van der Waals surface area contributed by atoms with Crippen molar-refractivity contribution in [1.29, 1.82) is 0 Å². The van der Waals surface area contributed by atoms with Gasteiger partial charge in [-0.1, -0.05) is 0 Å². The van der Waals surface area contributed by atoms with Crippen LogP contribution >= 0.6 is 12.4 Å². The predicted molar refractivity (Wildman–Crippen MR) is 51.6 cm³/mol. The molecule has 1 amide bonds. The number of nitrogens with one attached hydrogen (secondary N) is 1. The molecule has 0 aliphatic carbocycles. The molecule has 72 valence electrons. The summed E-state index contributed by atoms with van der Waals surface area (Å²) in [5.41, 5.74) is 0. The molecule has 1 fully saturated rings. The Morgan fingerprint density at radius 1 is 1.58 bits per heavy atom. The molecule has 0 radical (unpaired) electrons. The van der Waals surface area contributed by atoms with E-state index in [9.17, 15) is 4.79 Å². The largest absolute Gasteiger partial charge is 0.341 e. The van der Waals surface area contributed by atoms with E-state index in [1.807, 2.05) is 11.9 Å². The van der Waals surface area contributed by atoms with Crippen molar-refractivity contribution in [3.05, 3.63) is 0 Å². The monoisotopic (exact) mass is 192 g/mol. The lowest BCUT2D eigenvalue weighted by atomic mass is 10.1. The van der Waals surface area contributed by atoms with Gasteiger partial charge in [-0.2, -0.15) is 0 Å². The number of hydrogen-bond acceptors (Lipinski definition) is 2. The zero-order chi connectivity index (χ0) is 8.27. The second-order valence-corrected chi connectivity index (χ2v) is 3.09. The van der Waals surface area contributed by atoms with Gasteiger partial charge in [-0.3, -0.25) is 4.79 Å². The van der Waals surface area contributed by atoms with Gasteiger partial charge in [0.25, 0.3) is 0 Å². The van der Waals surface area contributed by atoms with E-state index in [0.717, 1.165) is 19.5 Å². The first-order chi connectivity index (χ1) is 5.24. The Balaban J connectivity index is 0.00000121. The van der Waals surface area contributed by atoms with Crippen LogP contribution in [0.5, 0.6) is 0 Å². The highest BCUT2D eigenvalue weighted by Gasteiger charge is 2.19. The SMILES string of the molecule is CNC1CCCN(C(C)=O)C1.Cl. The Labute approximate surface area is 79.9 Å². The van der Waals surface area contributed by atoms with Crippen LogP contribution in [0, 0.1) is 0 Å². The van der Waals surface area contributed by atoms with Crippen LogP contribution in [0.3, 0.4) is 0 Å². The van der Waals surface area contributed by atoms with Crippen LogP contribution in [-0.2, 0) is 4.79 Å². The lowest BCUT2D eigenvalue weighted by molar-refractivity contribution is -0.130. The van der Waals surface area contributed by atoms with Crippen LogP contribution in [0.2, 0.25) is 0 Å². The molecule has 0 aromatic heterocycles. The molecular weight excluding hydrogens is 176 g/mol. The van der Waals surface area contributed by atoms with Crippen LogP contribution in [0.25, 0.3) is 0 Å². The van der Waals surface area contributed by atoms with Gasteiger partial charge in [0, 0.05) is 26.1 Å². The number of halogens is 1. The zero-order valence-electron chi connectivity index (χ0n) is 7.67. The number of rotatable bonds is 1. The quantitative estimate of drug-likeness (QED) is 0.662. The number of likely N-dealkylation sites (N-methyl/N-ethyl adjacent to an activating group) is 1. The third kappa shape index (κ3) is 2.99. The number of amides is 1. The van der Waals surface area contributed by atoms with Crippen molar-refractivity contribution in [3.8, 4) is 0 Å². The summed E-state index contributed by atoms with van der Waals surface area (Å²) < 4.78 is 0. The van der Waals surface area contributed by atoms with Crippen molar-refractivity contribution in [2.24, 2.45) is 0 Å². The van der Waals surface area contributed by atoms with Crippen molar-refractivity contribution in [3.63, 3.8) is 0 Å². The molecule has 1 aliphatic heterocycles. The number of carbonyl (C=O) groups is 1. The second kappa shape index (κ2) is 5.38. The Kier molecular flexibility index (Phi) is 5.25. The highest BCUT2D eigenvalue weighted by atomic mass is 35.5. The van der Waals surface area contributed by atoms with E-state index in [1.165, 1.54) is 6.42 Å². The molecule has 1 unspecified atom stereocenters. The van der Waals surface area contributed by atoms with Crippen LogP contribution < -0.4 is 5.32 Å². The molecule has 1 heterocycles. The first-order valence-corrected chi connectivity index (χ1v) is 4.17. The van der Waals surface area contributed by atoms with Gasteiger partial charge < -0.3 is 10.2 Å². The van der Waals surface area contributed by atoms with E-state index >= 15 is 0 Å². The van der Waals surface area contributed by atoms with Crippen molar-refractivity contribution in [2.75, 3.05) is 20.1 Å². The lowest BCUT2D eigenvalue weighted by Gasteiger charge is -2.31. The maximum Gasteiger partial charge on any atom is 0.219 e. The average molecular weight is 193 g/mol. The van der Waals surface area contributed by atoms with Crippen LogP contribution in [0.4, 0.5) is 0 Å². The summed E-state index contributed by atoms with van der Waals surface area (Å²) >= 11 is 0. The third-order valence-corrected chi connectivity index (χ3v) is 2.27. The van der Waals surface area contributed by atoms with Gasteiger partial charge in [0.15, 0.2) is 0 Å². The molecule has 4 heteroatoms. The fraction of sp³-hybridized carbons (Fsp3) is 0.875. The van der Waals surface area contributed by atoms with Crippen LogP contribution in [0.15, 0.2) is 0 Å². The molecule has 0 saturated carbocycles. The molecule has 0 spiro atoms. The van der Waals surface area contributed by atoms with Crippen molar-refractivity contribution >= 4 is 18.3 Å². The van der Waals surface area contributed by atoms with Gasteiger partial charge in [0.05, 0.1) is 0 Å². The Bertz CT molecular complexity index is 152.